The standard InChI is InChI=1S/C20H20N2O4/c1-14-6-8-15(9-7-14)12-21-19(23)16-4-2-3-5-17(16)22-20(24)18-13-25-10-11-26-18/h2-9,13H,10-12H2,1H3,(H,21,23)(H,22,24). The third-order valence-corrected chi connectivity index (χ3v) is 3.87. The Balaban J connectivity index is 1.67. The molecule has 0 unspecified atom stereocenters. The van der Waals surface area contributed by atoms with E-state index in [1.165, 1.54) is 6.26 Å². The van der Waals surface area contributed by atoms with Gasteiger partial charge in [-0.05, 0) is 24.6 Å². The smallest absolute Gasteiger partial charge is 0.294 e. The van der Waals surface area contributed by atoms with Crippen molar-refractivity contribution in [1.29, 1.82) is 0 Å². The van der Waals surface area contributed by atoms with Crippen LogP contribution in [0.2, 0.25) is 0 Å². The van der Waals surface area contributed by atoms with Crippen LogP contribution in [0.25, 0.3) is 0 Å². The summed E-state index contributed by atoms with van der Waals surface area (Å²) in [5.41, 5.74) is 2.96. The lowest BCUT2D eigenvalue weighted by Gasteiger charge is -2.16. The Morgan fingerprint density at radius 1 is 1.00 bits per heavy atom. The molecule has 0 atom stereocenters. The number of nitrogens with one attached hydrogen (secondary N) is 2. The minimum Gasteiger partial charge on any atom is -0.494 e. The van der Waals surface area contributed by atoms with Gasteiger partial charge in [0.2, 0.25) is 5.76 Å². The molecular weight excluding hydrogens is 332 g/mol. The first kappa shape index (κ1) is 17.5. The van der Waals surface area contributed by atoms with Crippen molar-refractivity contribution < 1.29 is 19.1 Å². The Labute approximate surface area is 151 Å². The minimum atomic E-state index is -0.455. The number of hydrogen-bond acceptors (Lipinski definition) is 4. The number of anilines is 1. The van der Waals surface area contributed by atoms with Gasteiger partial charge in [0.05, 0.1) is 11.3 Å². The van der Waals surface area contributed by atoms with Crippen LogP contribution in [0.1, 0.15) is 21.5 Å². The second kappa shape index (κ2) is 8.20. The summed E-state index contributed by atoms with van der Waals surface area (Å²) in [5.74, 6) is -0.633. The van der Waals surface area contributed by atoms with Crippen molar-refractivity contribution in [3.63, 3.8) is 0 Å². The molecule has 0 saturated heterocycles. The molecule has 0 saturated carbocycles. The average molecular weight is 352 g/mol. The third-order valence-electron chi connectivity index (χ3n) is 3.87. The van der Waals surface area contributed by atoms with Crippen molar-refractivity contribution in [2.45, 2.75) is 13.5 Å². The van der Waals surface area contributed by atoms with E-state index in [0.29, 0.717) is 31.0 Å². The number of aryl methyl sites for hydroxylation is 1. The number of amides is 2. The molecule has 1 heterocycles. The van der Waals surface area contributed by atoms with Gasteiger partial charge in [-0.2, -0.15) is 0 Å². The predicted molar refractivity (Wildman–Crippen MR) is 97.4 cm³/mol. The fraction of sp³-hybridized carbons (Fsp3) is 0.200. The first-order valence-corrected chi connectivity index (χ1v) is 8.32. The van der Waals surface area contributed by atoms with Gasteiger partial charge in [-0.1, -0.05) is 42.0 Å². The zero-order valence-electron chi connectivity index (χ0n) is 14.5. The first-order valence-electron chi connectivity index (χ1n) is 8.32. The van der Waals surface area contributed by atoms with E-state index >= 15 is 0 Å². The lowest BCUT2D eigenvalue weighted by Crippen LogP contribution is -2.26. The molecule has 1 aliphatic rings. The molecule has 1 aliphatic heterocycles. The predicted octanol–water partition coefficient (Wildman–Crippen LogP) is 2.75. The monoisotopic (exact) mass is 352 g/mol. The van der Waals surface area contributed by atoms with Crippen molar-refractivity contribution in [3.8, 4) is 0 Å². The minimum absolute atomic E-state index is 0.0890. The highest BCUT2D eigenvalue weighted by molar-refractivity contribution is 6.07. The molecule has 2 aromatic rings. The van der Waals surface area contributed by atoms with Crippen LogP contribution in [-0.2, 0) is 20.8 Å². The van der Waals surface area contributed by atoms with Crippen LogP contribution < -0.4 is 10.6 Å². The summed E-state index contributed by atoms with van der Waals surface area (Å²) in [5, 5.41) is 5.56. The Kier molecular flexibility index (Phi) is 5.53. The van der Waals surface area contributed by atoms with Gasteiger partial charge in [-0.3, -0.25) is 9.59 Å². The average Bonchev–Trinajstić information content (AvgIpc) is 2.68. The molecule has 0 radical (unpaired) electrons. The molecule has 134 valence electrons. The molecular formula is C20H20N2O4. The van der Waals surface area contributed by atoms with Crippen molar-refractivity contribution >= 4 is 17.5 Å². The summed E-state index contributed by atoms with van der Waals surface area (Å²) in [6.45, 7) is 3.15. The maximum Gasteiger partial charge on any atom is 0.294 e. The molecule has 26 heavy (non-hydrogen) atoms. The van der Waals surface area contributed by atoms with Crippen LogP contribution in [-0.4, -0.2) is 25.0 Å². The fourth-order valence-electron chi connectivity index (χ4n) is 2.44. The Hall–Kier alpha value is -3.28. The van der Waals surface area contributed by atoms with E-state index in [9.17, 15) is 9.59 Å². The van der Waals surface area contributed by atoms with Crippen molar-refractivity contribution in [3.05, 3.63) is 77.2 Å². The van der Waals surface area contributed by atoms with Crippen LogP contribution in [0.4, 0.5) is 5.69 Å². The number of rotatable bonds is 5. The number of benzene rings is 2. The maximum absolute atomic E-state index is 12.5. The highest BCUT2D eigenvalue weighted by Gasteiger charge is 2.18. The third kappa shape index (κ3) is 4.42. The van der Waals surface area contributed by atoms with E-state index in [1.807, 2.05) is 31.2 Å². The van der Waals surface area contributed by atoms with Crippen molar-refractivity contribution in [1.82, 2.24) is 5.32 Å². The summed E-state index contributed by atoms with van der Waals surface area (Å²) >= 11 is 0. The second-order valence-electron chi connectivity index (χ2n) is 5.87. The maximum atomic E-state index is 12.5. The molecule has 0 spiro atoms. The molecule has 3 rings (SSSR count). The van der Waals surface area contributed by atoms with Crippen LogP contribution >= 0.6 is 0 Å². The van der Waals surface area contributed by atoms with Crippen molar-refractivity contribution in [2.75, 3.05) is 18.5 Å². The van der Waals surface area contributed by atoms with Gasteiger partial charge in [-0.25, -0.2) is 0 Å². The zero-order valence-corrected chi connectivity index (χ0v) is 14.5. The highest BCUT2D eigenvalue weighted by Crippen LogP contribution is 2.17. The SMILES string of the molecule is Cc1ccc(CNC(=O)c2ccccc2NC(=O)C2=COCCO2)cc1. The molecule has 6 heteroatoms. The van der Waals surface area contributed by atoms with Gasteiger partial charge in [0.15, 0.2) is 0 Å². The largest absolute Gasteiger partial charge is 0.494 e. The van der Waals surface area contributed by atoms with Gasteiger partial charge >= 0.3 is 0 Å². The number of carbonyl (C=O) groups excluding carboxylic acids is 2. The van der Waals surface area contributed by atoms with Gasteiger partial charge < -0.3 is 20.1 Å². The summed E-state index contributed by atoms with van der Waals surface area (Å²) in [4.78, 5) is 24.8. The molecule has 0 aliphatic carbocycles. The van der Waals surface area contributed by atoms with Crippen molar-refractivity contribution in [2.24, 2.45) is 0 Å². The second-order valence-corrected chi connectivity index (χ2v) is 5.87. The van der Waals surface area contributed by atoms with Gasteiger partial charge in [-0.15, -0.1) is 0 Å². The van der Waals surface area contributed by atoms with Crippen LogP contribution in [0.5, 0.6) is 0 Å². The topological polar surface area (TPSA) is 76.7 Å². The number of para-hydroxylation sites is 1. The Morgan fingerprint density at radius 3 is 2.50 bits per heavy atom. The van der Waals surface area contributed by atoms with Crippen LogP contribution in [0, 0.1) is 6.92 Å². The van der Waals surface area contributed by atoms with Crippen LogP contribution in [0.15, 0.2) is 60.6 Å². The summed E-state index contributed by atoms with van der Waals surface area (Å²) in [7, 11) is 0. The Bertz CT molecular complexity index is 828. The van der Waals surface area contributed by atoms with Gasteiger partial charge in [0.25, 0.3) is 11.8 Å². The number of hydrogen-bond donors (Lipinski definition) is 2. The summed E-state index contributed by atoms with van der Waals surface area (Å²) in [6.07, 6.45) is 1.28. The lowest BCUT2D eigenvalue weighted by molar-refractivity contribution is -0.117. The van der Waals surface area contributed by atoms with E-state index in [0.717, 1.165) is 11.1 Å². The number of ether oxygens (including phenoxy) is 2. The quantitative estimate of drug-likeness (QED) is 0.867. The molecule has 2 N–H and O–H groups in total. The summed E-state index contributed by atoms with van der Waals surface area (Å²) < 4.78 is 10.3. The molecule has 0 bridgehead atoms. The molecule has 0 fully saturated rings. The van der Waals surface area contributed by atoms with Crippen LogP contribution in [0.3, 0.4) is 0 Å². The van der Waals surface area contributed by atoms with E-state index in [2.05, 4.69) is 10.6 Å². The molecule has 6 nitrogen and oxygen atoms in total. The highest BCUT2D eigenvalue weighted by atomic mass is 16.6. The molecule has 2 amide bonds. The normalized spacial score (nSPS) is 13.0. The Morgan fingerprint density at radius 2 is 1.77 bits per heavy atom. The molecule has 2 aromatic carbocycles. The van der Waals surface area contributed by atoms with E-state index < -0.39 is 5.91 Å². The van der Waals surface area contributed by atoms with E-state index in [4.69, 9.17) is 9.47 Å². The number of carbonyl (C=O) groups is 2. The zero-order chi connectivity index (χ0) is 18.4. The molecule has 0 aromatic heterocycles. The fourth-order valence-corrected chi connectivity index (χ4v) is 2.44. The van der Waals surface area contributed by atoms with Gasteiger partial charge in [0.1, 0.15) is 19.5 Å². The summed E-state index contributed by atoms with van der Waals surface area (Å²) in [6, 6.07) is 14.8. The first-order chi connectivity index (χ1) is 12.6. The lowest BCUT2D eigenvalue weighted by atomic mass is 10.1. The van der Waals surface area contributed by atoms with E-state index in [1.54, 1.807) is 24.3 Å². The van der Waals surface area contributed by atoms with E-state index in [-0.39, 0.29) is 11.7 Å². The van der Waals surface area contributed by atoms with Gasteiger partial charge in [0, 0.05) is 6.54 Å².